The Morgan fingerprint density at radius 1 is 1.06 bits per heavy atom. The van der Waals surface area contributed by atoms with Crippen LogP contribution in [0, 0.1) is 15.2 Å². The second-order valence-corrected chi connectivity index (χ2v) is 5.39. The predicted octanol–water partition coefficient (Wildman–Crippen LogP) is 3.81. The predicted molar refractivity (Wildman–Crippen MR) is 76.1 cm³/mol. The molecule has 4 heteroatoms. The average Bonchev–Trinajstić information content (AvgIpc) is 2.27. The molecular weight excluding hydrogens is 347 g/mol. The maximum absolute atomic E-state index is 13.1. The van der Waals surface area contributed by atoms with Gasteiger partial charge in [0.1, 0.15) is 11.6 Å². The van der Waals surface area contributed by atoms with Crippen molar-refractivity contribution in [2.45, 2.75) is 12.5 Å². The van der Waals surface area contributed by atoms with Crippen LogP contribution < -0.4 is 5.73 Å². The third-order valence-electron chi connectivity index (χ3n) is 2.65. The number of rotatable bonds is 3. The average molecular weight is 359 g/mol. The monoisotopic (exact) mass is 359 g/mol. The Bertz CT molecular complexity index is 537. The normalized spacial score (nSPS) is 12.4. The van der Waals surface area contributed by atoms with Gasteiger partial charge in [-0.15, -0.1) is 0 Å². The number of hydrogen-bond acceptors (Lipinski definition) is 1. The Morgan fingerprint density at radius 2 is 1.72 bits per heavy atom. The highest BCUT2D eigenvalue weighted by Gasteiger charge is 2.09. The SMILES string of the molecule is NC(Cc1cc(F)cc(F)c1)c1cccc(I)c1. The van der Waals surface area contributed by atoms with Crippen molar-refractivity contribution in [3.8, 4) is 0 Å². The fourth-order valence-electron chi connectivity index (χ4n) is 1.84. The van der Waals surface area contributed by atoms with Crippen LogP contribution in [0.2, 0.25) is 0 Å². The summed E-state index contributed by atoms with van der Waals surface area (Å²) in [6.45, 7) is 0. The van der Waals surface area contributed by atoms with Crippen LogP contribution in [-0.2, 0) is 6.42 Å². The molecule has 0 fully saturated rings. The Morgan fingerprint density at radius 3 is 2.33 bits per heavy atom. The lowest BCUT2D eigenvalue weighted by Gasteiger charge is -2.12. The zero-order valence-corrected chi connectivity index (χ0v) is 11.7. The Balaban J connectivity index is 2.18. The maximum atomic E-state index is 13.1. The van der Waals surface area contributed by atoms with Crippen molar-refractivity contribution in [1.82, 2.24) is 0 Å². The molecule has 2 N–H and O–H groups in total. The van der Waals surface area contributed by atoms with Gasteiger partial charge in [-0.05, 0) is 64.4 Å². The fourth-order valence-corrected chi connectivity index (χ4v) is 2.41. The Labute approximate surface area is 118 Å². The largest absolute Gasteiger partial charge is 0.324 e. The van der Waals surface area contributed by atoms with Gasteiger partial charge in [-0.2, -0.15) is 0 Å². The van der Waals surface area contributed by atoms with Crippen molar-refractivity contribution in [3.05, 3.63) is 68.8 Å². The van der Waals surface area contributed by atoms with Gasteiger partial charge in [0.25, 0.3) is 0 Å². The molecule has 1 atom stereocenters. The molecule has 0 spiro atoms. The van der Waals surface area contributed by atoms with Crippen molar-refractivity contribution < 1.29 is 8.78 Å². The van der Waals surface area contributed by atoms with Gasteiger partial charge in [0.2, 0.25) is 0 Å². The quantitative estimate of drug-likeness (QED) is 0.829. The number of hydrogen-bond donors (Lipinski definition) is 1. The molecule has 0 bridgehead atoms. The van der Waals surface area contributed by atoms with Gasteiger partial charge < -0.3 is 5.73 Å². The van der Waals surface area contributed by atoms with Gasteiger partial charge in [-0.1, -0.05) is 12.1 Å². The van der Waals surface area contributed by atoms with Crippen LogP contribution >= 0.6 is 22.6 Å². The van der Waals surface area contributed by atoms with E-state index in [2.05, 4.69) is 22.6 Å². The van der Waals surface area contributed by atoms with E-state index in [0.717, 1.165) is 15.2 Å². The molecule has 1 unspecified atom stereocenters. The van der Waals surface area contributed by atoms with Crippen LogP contribution in [0.1, 0.15) is 17.2 Å². The van der Waals surface area contributed by atoms with Gasteiger partial charge in [0.15, 0.2) is 0 Å². The number of benzene rings is 2. The van der Waals surface area contributed by atoms with Crippen LogP contribution in [0.25, 0.3) is 0 Å². The van der Waals surface area contributed by atoms with Crippen LogP contribution in [-0.4, -0.2) is 0 Å². The lowest BCUT2D eigenvalue weighted by molar-refractivity contribution is 0.576. The molecule has 0 amide bonds. The molecule has 0 heterocycles. The minimum absolute atomic E-state index is 0.263. The van der Waals surface area contributed by atoms with E-state index in [1.165, 1.54) is 12.1 Å². The zero-order chi connectivity index (χ0) is 13.1. The van der Waals surface area contributed by atoms with Crippen molar-refractivity contribution >= 4 is 22.6 Å². The van der Waals surface area contributed by atoms with Crippen LogP contribution in [0.3, 0.4) is 0 Å². The highest BCUT2D eigenvalue weighted by molar-refractivity contribution is 14.1. The van der Waals surface area contributed by atoms with E-state index in [-0.39, 0.29) is 6.04 Å². The van der Waals surface area contributed by atoms with E-state index in [1.807, 2.05) is 24.3 Å². The highest BCUT2D eigenvalue weighted by Crippen LogP contribution is 2.19. The lowest BCUT2D eigenvalue weighted by Crippen LogP contribution is -2.13. The van der Waals surface area contributed by atoms with Gasteiger partial charge >= 0.3 is 0 Å². The summed E-state index contributed by atoms with van der Waals surface area (Å²) in [6, 6.07) is 11.0. The molecule has 2 aromatic carbocycles. The van der Waals surface area contributed by atoms with Crippen molar-refractivity contribution in [1.29, 1.82) is 0 Å². The molecule has 0 aliphatic heterocycles. The molecule has 0 radical (unpaired) electrons. The molecule has 2 rings (SSSR count). The van der Waals surface area contributed by atoms with E-state index in [9.17, 15) is 8.78 Å². The van der Waals surface area contributed by atoms with Gasteiger partial charge in [0, 0.05) is 15.7 Å². The molecule has 0 saturated carbocycles. The summed E-state index contributed by atoms with van der Waals surface area (Å²) in [7, 11) is 0. The summed E-state index contributed by atoms with van der Waals surface area (Å²) >= 11 is 2.20. The standard InChI is InChI=1S/C14H12F2IN/c15-11-4-9(5-12(16)8-11)6-14(18)10-2-1-3-13(17)7-10/h1-5,7-8,14H,6,18H2. The van der Waals surface area contributed by atoms with Gasteiger partial charge in [-0.3, -0.25) is 0 Å². The van der Waals surface area contributed by atoms with E-state index < -0.39 is 11.6 Å². The minimum atomic E-state index is -0.570. The summed E-state index contributed by atoms with van der Waals surface area (Å²) in [5.41, 5.74) is 7.58. The second-order valence-electron chi connectivity index (χ2n) is 4.14. The molecule has 94 valence electrons. The van der Waals surface area contributed by atoms with E-state index in [0.29, 0.717) is 12.0 Å². The number of halogens is 3. The molecule has 1 nitrogen and oxygen atoms in total. The second kappa shape index (κ2) is 5.75. The maximum Gasteiger partial charge on any atom is 0.126 e. The lowest BCUT2D eigenvalue weighted by atomic mass is 10.00. The van der Waals surface area contributed by atoms with E-state index in [4.69, 9.17) is 5.73 Å². The zero-order valence-electron chi connectivity index (χ0n) is 9.54. The first-order valence-electron chi connectivity index (χ1n) is 5.50. The van der Waals surface area contributed by atoms with Crippen LogP contribution in [0.15, 0.2) is 42.5 Å². The topological polar surface area (TPSA) is 26.0 Å². The van der Waals surface area contributed by atoms with E-state index >= 15 is 0 Å². The Kier molecular flexibility index (Phi) is 4.29. The first-order chi connectivity index (χ1) is 8.54. The van der Waals surface area contributed by atoms with Gasteiger partial charge in [0.05, 0.1) is 0 Å². The molecular formula is C14H12F2IN. The summed E-state index contributed by atoms with van der Waals surface area (Å²) < 4.78 is 27.2. The number of nitrogens with two attached hydrogens (primary N) is 1. The minimum Gasteiger partial charge on any atom is -0.324 e. The third kappa shape index (κ3) is 3.49. The summed E-state index contributed by atoms with van der Waals surface area (Å²) in [5.74, 6) is -1.14. The first kappa shape index (κ1) is 13.4. The van der Waals surface area contributed by atoms with E-state index in [1.54, 1.807) is 0 Å². The Hall–Kier alpha value is -1.01. The van der Waals surface area contributed by atoms with Crippen molar-refractivity contribution in [2.24, 2.45) is 5.73 Å². The molecule has 2 aromatic rings. The summed E-state index contributed by atoms with van der Waals surface area (Å²) in [4.78, 5) is 0. The van der Waals surface area contributed by atoms with Crippen LogP contribution in [0.4, 0.5) is 8.78 Å². The third-order valence-corrected chi connectivity index (χ3v) is 3.33. The molecule has 0 saturated heterocycles. The molecule has 0 aliphatic carbocycles. The summed E-state index contributed by atoms with van der Waals surface area (Å²) in [6.07, 6.45) is 0.411. The first-order valence-corrected chi connectivity index (χ1v) is 6.58. The highest BCUT2D eigenvalue weighted by atomic mass is 127. The molecule has 18 heavy (non-hydrogen) atoms. The van der Waals surface area contributed by atoms with Gasteiger partial charge in [-0.25, -0.2) is 8.78 Å². The molecule has 0 aliphatic rings. The molecule has 0 aromatic heterocycles. The summed E-state index contributed by atoms with van der Waals surface area (Å²) in [5, 5.41) is 0. The smallest absolute Gasteiger partial charge is 0.126 e. The fraction of sp³-hybridized carbons (Fsp3) is 0.143. The van der Waals surface area contributed by atoms with Crippen molar-refractivity contribution in [3.63, 3.8) is 0 Å². The van der Waals surface area contributed by atoms with Crippen LogP contribution in [0.5, 0.6) is 0 Å². The van der Waals surface area contributed by atoms with Crippen molar-refractivity contribution in [2.75, 3.05) is 0 Å².